The quantitative estimate of drug-likeness (QED) is 0.0193. The number of aromatic nitrogens is 12. The molecule has 0 saturated carbocycles. The molecule has 6 aliphatic heterocycles. The van der Waals surface area contributed by atoms with Crippen LogP contribution in [0.15, 0.2) is 110 Å². The van der Waals surface area contributed by atoms with Crippen LogP contribution < -0.4 is 30.2 Å². The molecule has 6 amide bonds. The summed E-state index contributed by atoms with van der Waals surface area (Å²) in [5.41, 5.74) is 7.83. The van der Waals surface area contributed by atoms with Crippen LogP contribution in [0.5, 0.6) is 17.2 Å². The van der Waals surface area contributed by atoms with Gasteiger partial charge in [-0.25, -0.2) is 56.6 Å². The second-order valence-electron chi connectivity index (χ2n) is 36.4. The summed E-state index contributed by atoms with van der Waals surface area (Å²) in [5.74, 6) is -2.80. The number of carbonyl (C=O) groups is 6. The van der Waals surface area contributed by atoms with Crippen molar-refractivity contribution in [1.82, 2.24) is 89.3 Å². The molecule has 0 radical (unpaired) electrons. The Balaban J connectivity index is 0.457. The smallest absolute Gasteiger partial charge is 0.320 e. The number of hydrogen-bond donors (Lipinski definition) is 6. The maximum atomic E-state index is 15.6. The summed E-state index contributed by atoms with van der Waals surface area (Å²) < 4.78 is 121. The van der Waals surface area contributed by atoms with Gasteiger partial charge in [-0.05, 0) is 172 Å². The molecule has 6 aliphatic rings. The Morgan fingerprint density at radius 3 is 0.890 bits per heavy atom. The number of aryl methyl sites for hydroxylation is 6. The topological polar surface area (TPSA) is 460 Å². The highest BCUT2D eigenvalue weighted by Crippen LogP contribution is 2.39. The first-order chi connectivity index (χ1) is 71.2. The lowest BCUT2D eigenvalue weighted by Crippen LogP contribution is -2.36. The number of hydrogen-bond acceptors (Lipinski definition) is 30. The average molecular weight is 2030 g/mol. The number of nitrogens with zero attached hydrogens (tertiary/aromatic N) is 18. The number of rotatable bonds is 66. The molecule has 788 valence electrons. The van der Waals surface area contributed by atoms with Gasteiger partial charge in [0.15, 0.2) is 34.7 Å². The van der Waals surface area contributed by atoms with E-state index in [-0.39, 0.29) is 174 Å². The lowest BCUT2D eigenvalue weighted by Gasteiger charge is -2.27. The van der Waals surface area contributed by atoms with Crippen molar-refractivity contribution in [2.45, 2.75) is 146 Å². The predicted molar refractivity (Wildman–Crippen MR) is 523 cm³/mol. The number of benzene rings is 3. The number of aliphatic carboxylic acids is 3. The lowest BCUT2D eigenvalue weighted by molar-refractivity contribution is -0.139. The molecule has 3 atom stereocenters. The highest BCUT2D eigenvalue weighted by atomic mass is 19.1. The van der Waals surface area contributed by atoms with Gasteiger partial charge in [-0.15, -0.1) is 15.3 Å². The Bertz CT molecular complexity index is 5210. The van der Waals surface area contributed by atoms with E-state index in [9.17, 15) is 44.1 Å². The lowest BCUT2D eigenvalue weighted by atomic mass is 9.81. The van der Waals surface area contributed by atoms with Gasteiger partial charge in [0, 0.05) is 114 Å². The SMILES string of the molecule is CC(c1cn(CCOCCOCCOCCOc2ccc([C@H](CC(=O)O)N3CCN(CCCc4ccc5c(n4)NCCC5)C3=O)cc2F)nn1)(c1cn(CCOCCOCCOCCOc2ccc([C@H](CC(=O)O)N3CCN(CCCc4ccc5c(n4)NCCC5)C3=O)cc2F)nn1)c1cn(CCOCCOCCOCCOc2ccc([C@H](CC(=O)O)N3CCN(CCCc4ccc5c(n4)NCCC5)C3=O)cc2F)nn1. The Morgan fingerprint density at radius 2 is 0.623 bits per heavy atom. The summed E-state index contributed by atoms with van der Waals surface area (Å²) in [6.07, 6.45) is 14.4. The van der Waals surface area contributed by atoms with Crippen molar-refractivity contribution in [3.05, 3.63) is 195 Å². The third-order valence-electron chi connectivity index (χ3n) is 26.3. The van der Waals surface area contributed by atoms with Crippen LogP contribution in [-0.2, 0) is 121 Å². The highest BCUT2D eigenvalue weighted by molar-refractivity contribution is 5.80. The minimum atomic E-state index is -1.13. The van der Waals surface area contributed by atoms with Crippen molar-refractivity contribution in [1.29, 1.82) is 0 Å². The zero-order valence-corrected chi connectivity index (χ0v) is 82.6. The zero-order chi connectivity index (χ0) is 102. The molecule has 42 nitrogen and oxygen atoms in total. The first-order valence-corrected chi connectivity index (χ1v) is 50.4. The molecule has 3 aromatic carbocycles. The maximum absolute atomic E-state index is 15.6. The second-order valence-corrected chi connectivity index (χ2v) is 36.4. The van der Waals surface area contributed by atoms with Crippen molar-refractivity contribution >= 4 is 53.5 Å². The number of ether oxygens (including phenoxy) is 12. The van der Waals surface area contributed by atoms with Gasteiger partial charge >= 0.3 is 36.0 Å². The minimum absolute atomic E-state index is 0.0267. The molecule has 12 heterocycles. The number of nitrogens with one attached hydrogen (secondary N) is 3. The van der Waals surface area contributed by atoms with E-state index in [1.807, 2.05) is 25.1 Å². The van der Waals surface area contributed by atoms with Crippen LogP contribution in [-0.4, -0.2) is 358 Å². The summed E-state index contributed by atoms with van der Waals surface area (Å²) in [4.78, 5) is 101. The maximum Gasteiger partial charge on any atom is 0.320 e. The van der Waals surface area contributed by atoms with Crippen molar-refractivity contribution in [3.63, 3.8) is 0 Å². The van der Waals surface area contributed by atoms with E-state index in [0.29, 0.717) is 151 Å². The standard InChI is InChI=1S/C101H132F3N21O21/c1-101(89-68-120(114-111-89)38-41-135-44-47-138-50-53-141-56-59-144-86-23-17-74(62-80(86)102)83(65-92(126)127)123-35-32-117(98(123)132)29-5-11-77-20-14-71-8-2-26-105-95(71)108-77,90-69-121(115-112-90)39-42-136-45-48-139-51-54-142-57-60-145-87-24-18-75(63-81(87)103)84(66-93(128)129)124-36-33-118(99(124)133)30-6-12-78-21-15-72-9-3-27-106-96(72)109-78)91-70-122(116-113-91)40-43-137-46-49-140-52-55-143-58-61-146-88-25-19-76(64-82(88)104)85(67-94(130)131)125-37-34-119(100(125)134)31-7-13-79-22-16-73-10-4-28-107-97(73)110-79/h14-25,62-64,68-70,83-85H,2-13,26-61,65-67H2,1H3,(H,105,108)(H,106,109)(H,107,110)(H,126,127)(H,128,129)(H,130,131)/t83-,84-,85-/m0/s1. The number of carboxylic acids is 3. The van der Waals surface area contributed by atoms with E-state index >= 15 is 13.2 Å². The van der Waals surface area contributed by atoms with Crippen LogP contribution in [0, 0.1) is 17.5 Å². The molecule has 9 aromatic rings. The zero-order valence-electron chi connectivity index (χ0n) is 82.6. The monoisotopic (exact) mass is 2030 g/mol. The third-order valence-corrected chi connectivity index (χ3v) is 26.3. The number of amides is 6. The van der Waals surface area contributed by atoms with Crippen LogP contribution in [0.2, 0.25) is 0 Å². The van der Waals surface area contributed by atoms with E-state index in [0.717, 1.165) is 92.7 Å². The summed E-state index contributed by atoms with van der Waals surface area (Å²) in [6, 6.07) is 21.6. The summed E-state index contributed by atoms with van der Waals surface area (Å²) in [5, 5.41) is 66.8. The summed E-state index contributed by atoms with van der Waals surface area (Å²) in [6.45, 7) is 13.4. The van der Waals surface area contributed by atoms with Gasteiger partial charge in [-0.3, -0.25) is 14.4 Å². The molecule has 6 N–H and O–H groups in total. The number of carboxylic acid groups (broad SMARTS) is 3. The first kappa shape index (κ1) is 107. The van der Waals surface area contributed by atoms with Gasteiger partial charge in [0.25, 0.3) is 0 Å². The Morgan fingerprint density at radius 1 is 0.356 bits per heavy atom. The molecule has 45 heteroatoms. The average Bonchev–Trinajstić information content (AvgIpc) is 1.60. The Labute approximate surface area is 844 Å². The Hall–Kier alpha value is -13.0. The fourth-order valence-corrected chi connectivity index (χ4v) is 18.5. The minimum Gasteiger partial charge on any atom is -0.488 e. The molecule has 0 unspecified atom stereocenters. The van der Waals surface area contributed by atoms with Gasteiger partial charge in [-0.1, -0.05) is 52.0 Å². The van der Waals surface area contributed by atoms with Gasteiger partial charge in [0.05, 0.1) is 176 Å². The highest BCUT2D eigenvalue weighted by Gasteiger charge is 2.43. The Kier molecular flexibility index (Phi) is 40.4. The van der Waals surface area contributed by atoms with Gasteiger partial charge in [0.2, 0.25) is 0 Å². The molecular formula is C101H132F3N21O21. The fourth-order valence-electron chi connectivity index (χ4n) is 18.5. The molecule has 0 bridgehead atoms. The van der Waals surface area contributed by atoms with E-state index < -0.39 is 78.2 Å². The van der Waals surface area contributed by atoms with Gasteiger partial charge < -0.3 is 118 Å². The molecule has 3 fully saturated rings. The van der Waals surface area contributed by atoms with Crippen LogP contribution in [0.3, 0.4) is 0 Å². The molecule has 15 rings (SSSR count). The van der Waals surface area contributed by atoms with E-state index in [4.69, 9.17) is 71.8 Å². The molecule has 146 heavy (non-hydrogen) atoms. The normalized spacial score (nSPS) is 15.3. The first-order valence-electron chi connectivity index (χ1n) is 50.4. The molecule has 0 aliphatic carbocycles. The molecular weight excluding hydrogens is 1900 g/mol. The van der Waals surface area contributed by atoms with Crippen LogP contribution in [0.1, 0.15) is 150 Å². The predicted octanol–water partition coefficient (Wildman–Crippen LogP) is 9.54. The third kappa shape index (κ3) is 30.6. The van der Waals surface area contributed by atoms with Crippen molar-refractivity contribution in [2.24, 2.45) is 0 Å². The van der Waals surface area contributed by atoms with Crippen molar-refractivity contribution in [3.8, 4) is 17.2 Å². The number of fused-ring (bicyclic) bond motifs is 3. The van der Waals surface area contributed by atoms with Gasteiger partial charge in [-0.2, -0.15) is 0 Å². The van der Waals surface area contributed by atoms with Crippen LogP contribution in [0.4, 0.5) is 45.0 Å². The second kappa shape index (κ2) is 55.0. The van der Waals surface area contributed by atoms with E-state index in [1.165, 1.54) is 67.8 Å². The molecule has 3 saturated heterocycles. The molecule has 6 aromatic heterocycles. The number of halogens is 3. The number of carbonyl (C=O) groups excluding carboxylic acids is 3. The van der Waals surface area contributed by atoms with Crippen LogP contribution >= 0.6 is 0 Å². The number of anilines is 3. The summed E-state index contributed by atoms with van der Waals surface area (Å²) >= 11 is 0. The van der Waals surface area contributed by atoms with E-state index in [1.54, 1.807) is 65.5 Å². The number of urea groups is 3. The fraction of sp³-hybridized carbons (Fsp3) is 0.554. The summed E-state index contributed by atoms with van der Waals surface area (Å²) in [7, 11) is 0. The van der Waals surface area contributed by atoms with Crippen molar-refractivity contribution in [2.75, 3.05) is 233 Å². The van der Waals surface area contributed by atoms with Crippen molar-refractivity contribution < 1.29 is 114 Å². The number of pyridine rings is 3. The largest absolute Gasteiger partial charge is 0.488 e. The van der Waals surface area contributed by atoms with E-state index in [2.05, 4.69) is 65.1 Å². The van der Waals surface area contributed by atoms with Gasteiger partial charge in [0.1, 0.15) is 59.8 Å². The molecule has 0 spiro atoms. The van der Waals surface area contributed by atoms with Crippen LogP contribution in [0.25, 0.3) is 0 Å².